The van der Waals surface area contributed by atoms with E-state index in [1.807, 2.05) is 0 Å². The molecule has 0 aliphatic rings. The summed E-state index contributed by atoms with van der Waals surface area (Å²) < 4.78 is 1.04. The summed E-state index contributed by atoms with van der Waals surface area (Å²) in [6.07, 6.45) is 3.32. The Hall–Kier alpha value is 0.430. The van der Waals surface area contributed by atoms with Crippen LogP contribution in [0, 0.1) is 5.41 Å². The van der Waals surface area contributed by atoms with Crippen LogP contribution in [0.15, 0.2) is 9.85 Å². The zero-order chi connectivity index (χ0) is 11.5. The van der Waals surface area contributed by atoms with Crippen molar-refractivity contribution in [2.24, 2.45) is 11.1 Å². The topological polar surface area (TPSA) is 26.0 Å². The first-order valence-corrected chi connectivity index (χ1v) is 7.07. The highest BCUT2D eigenvalue weighted by molar-refractivity contribution is 9.11. The zero-order valence-corrected chi connectivity index (χ0v) is 12.3. The molecule has 0 spiro atoms. The second kappa shape index (κ2) is 5.67. The second-order valence-electron chi connectivity index (χ2n) is 4.54. The van der Waals surface area contributed by atoms with Gasteiger partial charge in [0.25, 0.3) is 0 Å². The lowest BCUT2D eigenvalue weighted by Gasteiger charge is -2.23. The van der Waals surface area contributed by atoms with Gasteiger partial charge in [-0.15, -0.1) is 11.3 Å². The summed E-state index contributed by atoms with van der Waals surface area (Å²) in [5.74, 6) is 0. The van der Waals surface area contributed by atoms with Gasteiger partial charge in [0.1, 0.15) is 0 Å². The smallest absolute Gasteiger partial charge is 0.0887 e. The van der Waals surface area contributed by atoms with Crippen LogP contribution >= 0.6 is 38.9 Å². The summed E-state index contributed by atoms with van der Waals surface area (Å²) in [5, 5.41) is 0.826. The van der Waals surface area contributed by atoms with Gasteiger partial charge in [-0.3, -0.25) is 0 Å². The highest BCUT2D eigenvalue weighted by atomic mass is 79.9. The predicted molar refractivity (Wildman–Crippen MR) is 72.8 cm³/mol. The molecule has 1 nitrogen and oxygen atoms in total. The van der Waals surface area contributed by atoms with Crippen LogP contribution in [-0.4, -0.2) is 6.54 Å². The third-order valence-corrected chi connectivity index (χ3v) is 5.10. The first kappa shape index (κ1) is 13.5. The fraction of sp³-hybridized carbons (Fsp3) is 0.636. The Kier molecular flexibility index (Phi) is 5.10. The Balaban J connectivity index is 2.49. The van der Waals surface area contributed by atoms with E-state index in [0.717, 1.165) is 34.6 Å². The van der Waals surface area contributed by atoms with E-state index in [1.165, 1.54) is 4.88 Å². The number of halogens is 2. The lowest BCUT2D eigenvalue weighted by atomic mass is 9.84. The van der Waals surface area contributed by atoms with E-state index in [4.69, 9.17) is 17.3 Å². The molecule has 0 fully saturated rings. The molecule has 4 heteroatoms. The van der Waals surface area contributed by atoms with Gasteiger partial charge in [-0.2, -0.15) is 0 Å². The zero-order valence-electron chi connectivity index (χ0n) is 9.15. The fourth-order valence-electron chi connectivity index (χ4n) is 1.49. The Morgan fingerprint density at radius 3 is 2.60 bits per heavy atom. The van der Waals surface area contributed by atoms with Crippen molar-refractivity contribution in [2.45, 2.75) is 33.1 Å². The van der Waals surface area contributed by atoms with Crippen molar-refractivity contribution >= 4 is 38.9 Å². The number of hydrogen-bond donors (Lipinski definition) is 1. The van der Waals surface area contributed by atoms with Gasteiger partial charge in [0.2, 0.25) is 0 Å². The van der Waals surface area contributed by atoms with Gasteiger partial charge >= 0.3 is 0 Å². The van der Waals surface area contributed by atoms with Crippen LogP contribution in [0.3, 0.4) is 0 Å². The average molecular weight is 311 g/mol. The quantitative estimate of drug-likeness (QED) is 0.853. The van der Waals surface area contributed by atoms with Crippen molar-refractivity contribution in [3.8, 4) is 0 Å². The average Bonchev–Trinajstić information content (AvgIpc) is 2.44. The second-order valence-corrected chi connectivity index (χ2v) is 7.40. The molecule has 1 aromatic heterocycles. The molecule has 0 saturated heterocycles. The highest BCUT2D eigenvalue weighted by Crippen LogP contribution is 2.34. The molecule has 86 valence electrons. The van der Waals surface area contributed by atoms with E-state index >= 15 is 0 Å². The normalized spacial score (nSPS) is 12.1. The van der Waals surface area contributed by atoms with Gasteiger partial charge in [-0.1, -0.05) is 25.4 Å². The fourth-order valence-corrected chi connectivity index (χ4v) is 3.31. The Morgan fingerprint density at radius 1 is 1.47 bits per heavy atom. The van der Waals surface area contributed by atoms with Crippen LogP contribution in [0.4, 0.5) is 0 Å². The van der Waals surface area contributed by atoms with Gasteiger partial charge in [0.15, 0.2) is 0 Å². The van der Waals surface area contributed by atoms with Crippen molar-refractivity contribution in [1.29, 1.82) is 0 Å². The molecule has 1 aromatic rings. The summed E-state index contributed by atoms with van der Waals surface area (Å²) in [7, 11) is 0. The van der Waals surface area contributed by atoms with Crippen LogP contribution in [0.1, 0.15) is 31.6 Å². The van der Waals surface area contributed by atoms with Crippen molar-refractivity contribution in [2.75, 3.05) is 6.54 Å². The van der Waals surface area contributed by atoms with Gasteiger partial charge in [-0.25, -0.2) is 0 Å². The molecule has 0 aliphatic carbocycles. The summed E-state index contributed by atoms with van der Waals surface area (Å²) in [6, 6.07) is 2.05. The molecule has 2 N–H and O–H groups in total. The minimum atomic E-state index is 0.331. The minimum absolute atomic E-state index is 0.331. The van der Waals surface area contributed by atoms with E-state index in [1.54, 1.807) is 11.3 Å². The van der Waals surface area contributed by atoms with Gasteiger partial charge in [0, 0.05) is 4.88 Å². The molecule has 0 radical (unpaired) electrons. The van der Waals surface area contributed by atoms with Crippen molar-refractivity contribution in [3.63, 3.8) is 0 Å². The van der Waals surface area contributed by atoms with Crippen LogP contribution in [0.25, 0.3) is 0 Å². The molecule has 0 saturated carbocycles. The molecular weight excluding hydrogens is 294 g/mol. The molecule has 0 bridgehead atoms. The first-order chi connectivity index (χ1) is 6.94. The van der Waals surface area contributed by atoms with E-state index in [-0.39, 0.29) is 0 Å². The molecular formula is C11H17BrClNS. The molecule has 0 unspecified atom stereocenters. The third-order valence-electron chi connectivity index (χ3n) is 2.57. The van der Waals surface area contributed by atoms with Crippen LogP contribution in [-0.2, 0) is 6.42 Å². The highest BCUT2D eigenvalue weighted by Gasteiger charge is 2.17. The summed E-state index contributed by atoms with van der Waals surface area (Å²) >= 11 is 11.1. The van der Waals surface area contributed by atoms with E-state index in [0.29, 0.717) is 5.41 Å². The Morgan fingerprint density at radius 2 is 2.13 bits per heavy atom. The molecule has 1 heterocycles. The molecule has 0 aromatic carbocycles. The number of nitrogens with two attached hydrogens (primary N) is 1. The van der Waals surface area contributed by atoms with Gasteiger partial charge < -0.3 is 5.73 Å². The van der Waals surface area contributed by atoms with Crippen LogP contribution < -0.4 is 5.73 Å². The largest absolute Gasteiger partial charge is 0.330 e. The van der Waals surface area contributed by atoms with E-state index in [9.17, 15) is 0 Å². The van der Waals surface area contributed by atoms with E-state index < -0.39 is 0 Å². The lowest BCUT2D eigenvalue weighted by Crippen LogP contribution is -2.17. The number of aryl methyl sites for hydroxylation is 1. The molecule has 1 rings (SSSR count). The standard InChI is InChI=1S/C11H17BrClNS/c1-11(2,5-6-14)4-3-8-7-9(13)10(12)15-8/h7H,3-6,14H2,1-2H3. The lowest BCUT2D eigenvalue weighted by molar-refractivity contribution is 0.314. The first-order valence-electron chi connectivity index (χ1n) is 5.08. The van der Waals surface area contributed by atoms with Crippen LogP contribution in [0.2, 0.25) is 5.02 Å². The van der Waals surface area contributed by atoms with Crippen molar-refractivity contribution in [3.05, 3.63) is 19.8 Å². The maximum Gasteiger partial charge on any atom is 0.0887 e. The summed E-state index contributed by atoms with van der Waals surface area (Å²) in [5.41, 5.74) is 5.92. The van der Waals surface area contributed by atoms with Gasteiger partial charge in [-0.05, 0) is 53.2 Å². The maximum atomic E-state index is 5.98. The Labute approximate surface area is 109 Å². The predicted octanol–water partition coefficient (Wildman–Crippen LogP) is 4.47. The monoisotopic (exact) mass is 309 g/mol. The SMILES string of the molecule is CC(C)(CCN)CCc1cc(Cl)c(Br)s1. The minimum Gasteiger partial charge on any atom is -0.330 e. The number of hydrogen-bond acceptors (Lipinski definition) is 2. The Bertz CT molecular complexity index is 303. The number of rotatable bonds is 5. The third kappa shape index (κ3) is 4.43. The molecule has 0 amide bonds. The number of thiophene rings is 1. The van der Waals surface area contributed by atoms with Crippen molar-refractivity contribution in [1.82, 2.24) is 0 Å². The maximum absolute atomic E-state index is 5.98. The van der Waals surface area contributed by atoms with Gasteiger partial charge in [0.05, 0.1) is 8.81 Å². The van der Waals surface area contributed by atoms with Crippen molar-refractivity contribution < 1.29 is 0 Å². The summed E-state index contributed by atoms with van der Waals surface area (Å²) in [6.45, 7) is 5.30. The molecule has 15 heavy (non-hydrogen) atoms. The van der Waals surface area contributed by atoms with Crippen LogP contribution in [0.5, 0.6) is 0 Å². The molecule has 0 aliphatic heterocycles. The molecule has 0 atom stereocenters. The summed E-state index contributed by atoms with van der Waals surface area (Å²) in [4.78, 5) is 1.34. The van der Waals surface area contributed by atoms with E-state index in [2.05, 4.69) is 35.8 Å².